The normalized spacial score (nSPS) is 16.4. The molecule has 20 heavy (non-hydrogen) atoms. The number of fused-ring (bicyclic) bond motifs is 1. The Bertz CT molecular complexity index is 668. The fourth-order valence-electron chi connectivity index (χ4n) is 2.17. The molecule has 7 heteroatoms. The van der Waals surface area contributed by atoms with Gasteiger partial charge >= 0.3 is 0 Å². The highest BCUT2D eigenvalue weighted by Gasteiger charge is 2.28. The fourth-order valence-corrected chi connectivity index (χ4v) is 2.68. The maximum absolute atomic E-state index is 12.2. The Morgan fingerprint density at radius 3 is 3.05 bits per heavy atom. The highest BCUT2D eigenvalue weighted by Crippen LogP contribution is 2.25. The maximum atomic E-state index is 12.2. The molecule has 0 bridgehead atoms. The Balaban J connectivity index is 2.01. The molecular weight excluding hydrogens is 344 g/mol. The van der Waals surface area contributed by atoms with Gasteiger partial charge in [-0.2, -0.15) is 0 Å². The van der Waals surface area contributed by atoms with Crippen LogP contribution in [0.15, 0.2) is 16.7 Å². The van der Waals surface area contributed by atoms with Crippen LogP contribution in [0.3, 0.4) is 0 Å². The molecule has 1 fully saturated rings. The van der Waals surface area contributed by atoms with Crippen molar-refractivity contribution < 1.29 is 4.79 Å². The zero-order chi connectivity index (χ0) is 14.3. The first-order chi connectivity index (χ1) is 9.60. The predicted molar refractivity (Wildman–Crippen MR) is 80.7 cm³/mol. The van der Waals surface area contributed by atoms with E-state index < -0.39 is 0 Å². The number of aromatic nitrogens is 3. The third kappa shape index (κ3) is 2.54. The number of pyridine rings is 1. The molecule has 2 heterocycles. The number of nitrogens with one attached hydrogen (secondary N) is 1. The third-order valence-electron chi connectivity index (χ3n) is 3.38. The molecule has 2 aromatic heterocycles. The van der Waals surface area contributed by atoms with Gasteiger partial charge in [-0.05, 0) is 41.8 Å². The summed E-state index contributed by atoms with van der Waals surface area (Å²) >= 11 is 9.33. The summed E-state index contributed by atoms with van der Waals surface area (Å²) in [6.45, 7) is 1.85. The summed E-state index contributed by atoms with van der Waals surface area (Å²) in [5.41, 5.74) is 1.42. The first-order valence-corrected chi connectivity index (χ1v) is 7.81. The van der Waals surface area contributed by atoms with Crippen molar-refractivity contribution in [1.82, 2.24) is 19.9 Å². The molecule has 0 aliphatic heterocycles. The molecule has 3 rings (SSSR count). The summed E-state index contributed by atoms with van der Waals surface area (Å²) in [5, 5.41) is 3.00. The van der Waals surface area contributed by atoms with Crippen LogP contribution in [0.2, 0.25) is 0 Å². The fraction of sp³-hybridized carbons (Fsp3) is 0.462. The SMILES string of the molecule is CC(C(=O)NC1CC1)n1c(CCl)nc2cc(Br)cnc21. The second-order valence-corrected chi connectivity index (χ2v) is 6.17. The first-order valence-electron chi connectivity index (χ1n) is 6.49. The van der Waals surface area contributed by atoms with Gasteiger partial charge in [0.25, 0.3) is 0 Å². The van der Waals surface area contributed by atoms with Gasteiger partial charge < -0.3 is 5.32 Å². The number of nitrogens with zero attached hydrogens (tertiary/aromatic N) is 3. The lowest BCUT2D eigenvalue weighted by atomic mass is 10.3. The largest absolute Gasteiger partial charge is 0.352 e. The molecule has 0 aromatic carbocycles. The van der Waals surface area contributed by atoms with Crippen LogP contribution in [0.4, 0.5) is 0 Å². The second kappa shape index (κ2) is 5.33. The van der Waals surface area contributed by atoms with Crippen LogP contribution >= 0.6 is 27.5 Å². The van der Waals surface area contributed by atoms with Crippen LogP contribution in [-0.4, -0.2) is 26.5 Å². The van der Waals surface area contributed by atoms with Gasteiger partial charge in [0.05, 0.1) is 5.88 Å². The number of carbonyl (C=O) groups is 1. The van der Waals surface area contributed by atoms with Crippen LogP contribution in [0.5, 0.6) is 0 Å². The molecule has 5 nitrogen and oxygen atoms in total. The van der Waals surface area contributed by atoms with E-state index in [4.69, 9.17) is 11.6 Å². The summed E-state index contributed by atoms with van der Waals surface area (Å²) in [7, 11) is 0. The average molecular weight is 358 g/mol. The summed E-state index contributed by atoms with van der Waals surface area (Å²) in [6, 6.07) is 1.84. The van der Waals surface area contributed by atoms with E-state index in [2.05, 4.69) is 31.2 Å². The molecule has 1 unspecified atom stereocenters. The zero-order valence-corrected chi connectivity index (χ0v) is 13.3. The minimum absolute atomic E-state index is 0.0112. The number of alkyl halides is 1. The molecular formula is C13H14BrClN4O. The van der Waals surface area contributed by atoms with Crippen molar-refractivity contribution in [2.45, 2.75) is 37.7 Å². The van der Waals surface area contributed by atoms with Crippen LogP contribution < -0.4 is 5.32 Å². The van der Waals surface area contributed by atoms with Crippen molar-refractivity contribution in [3.05, 3.63) is 22.6 Å². The van der Waals surface area contributed by atoms with Crippen molar-refractivity contribution in [1.29, 1.82) is 0 Å². The number of halogens is 2. The molecule has 1 atom stereocenters. The van der Waals surface area contributed by atoms with Gasteiger partial charge in [0, 0.05) is 16.7 Å². The van der Waals surface area contributed by atoms with Crippen molar-refractivity contribution in [3.63, 3.8) is 0 Å². The lowest BCUT2D eigenvalue weighted by Crippen LogP contribution is -2.33. The Morgan fingerprint density at radius 1 is 1.65 bits per heavy atom. The molecule has 1 N–H and O–H groups in total. The quantitative estimate of drug-likeness (QED) is 0.856. The molecule has 0 radical (unpaired) electrons. The van der Waals surface area contributed by atoms with Crippen LogP contribution in [0, 0.1) is 0 Å². The third-order valence-corrected chi connectivity index (χ3v) is 4.05. The topological polar surface area (TPSA) is 59.8 Å². The molecule has 1 saturated carbocycles. The number of carbonyl (C=O) groups excluding carboxylic acids is 1. The van der Waals surface area contributed by atoms with Crippen LogP contribution in [0.25, 0.3) is 11.2 Å². The average Bonchev–Trinajstić information content (AvgIpc) is 3.16. The van der Waals surface area contributed by atoms with Crippen molar-refractivity contribution in [2.24, 2.45) is 0 Å². The second-order valence-electron chi connectivity index (χ2n) is 4.99. The van der Waals surface area contributed by atoms with E-state index >= 15 is 0 Å². The highest BCUT2D eigenvalue weighted by molar-refractivity contribution is 9.10. The van der Waals surface area contributed by atoms with Crippen molar-refractivity contribution in [2.75, 3.05) is 0 Å². The predicted octanol–water partition coefficient (Wildman–Crippen LogP) is 2.77. The molecule has 106 valence electrons. The van der Waals surface area contributed by atoms with E-state index in [9.17, 15) is 4.79 Å². The number of hydrogen-bond donors (Lipinski definition) is 1. The summed E-state index contributed by atoms with van der Waals surface area (Å²) in [5.74, 6) is 0.892. The minimum Gasteiger partial charge on any atom is -0.352 e. The Labute approximate surface area is 129 Å². The van der Waals surface area contributed by atoms with Gasteiger partial charge in [0.15, 0.2) is 5.65 Å². The Morgan fingerprint density at radius 2 is 2.40 bits per heavy atom. The van der Waals surface area contributed by atoms with E-state index in [1.165, 1.54) is 0 Å². The van der Waals surface area contributed by atoms with Crippen molar-refractivity contribution >= 4 is 44.6 Å². The summed E-state index contributed by atoms with van der Waals surface area (Å²) in [4.78, 5) is 21.0. The highest BCUT2D eigenvalue weighted by atomic mass is 79.9. The summed E-state index contributed by atoms with van der Waals surface area (Å²) in [6.07, 6.45) is 3.83. The Kier molecular flexibility index (Phi) is 3.69. The van der Waals surface area contributed by atoms with Crippen molar-refractivity contribution in [3.8, 4) is 0 Å². The van der Waals surface area contributed by atoms with E-state index in [1.807, 2.05) is 17.6 Å². The van der Waals surface area contributed by atoms with Gasteiger partial charge in [0.2, 0.25) is 5.91 Å². The standard InChI is InChI=1S/C13H14BrClN4O/c1-7(13(20)17-9-2-3-9)19-11(5-15)18-10-4-8(14)6-16-12(10)19/h4,6-7,9H,2-3,5H2,1H3,(H,17,20). The number of amides is 1. The number of imidazole rings is 1. The van der Waals surface area contributed by atoms with E-state index in [0.717, 1.165) is 22.8 Å². The van der Waals surface area contributed by atoms with Gasteiger partial charge in [-0.15, -0.1) is 11.6 Å². The van der Waals surface area contributed by atoms with E-state index in [0.29, 0.717) is 17.5 Å². The maximum Gasteiger partial charge on any atom is 0.243 e. The molecule has 0 spiro atoms. The van der Waals surface area contributed by atoms with E-state index in [-0.39, 0.29) is 17.8 Å². The monoisotopic (exact) mass is 356 g/mol. The van der Waals surface area contributed by atoms with Crippen LogP contribution in [-0.2, 0) is 10.7 Å². The summed E-state index contributed by atoms with van der Waals surface area (Å²) < 4.78 is 2.66. The molecule has 2 aromatic rings. The number of hydrogen-bond acceptors (Lipinski definition) is 3. The first kappa shape index (κ1) is 13.8. The zero-order valence-electron chi connectivity index (χ0n) is 10.9. The van der Waals surface area contributed by atoms with Crippen LogP contribution in [0.1, 0.15) is 31.6 Å². The molecule has 1 amide bonds. The van der Waals surface area contributed by atoms with Gasteiger partial charge in [-0.3, -0.25) is 9.36 Å². The molecule has 0 saturated heterocycles. The van der Waals surface area contributed by atoms with E-state index in [1.54, 1.807) is 6.20 Å². The molecule has 1 aliphatic carbocycles. The Hall–Kier alpha value is -1.14. The lowest BCUT2D eigenvalue weighted by molar-refractivity contribution is -0.124. The van der Waals surface area contributed by atoms with Gasteiger partial charge in [-0.25, -0.2) is 9.97 Å². The smallest absolute Gasteiger partial charge is 0.243 e. The van der Waals surface area contributed by atoms with Gasteiger partial charge in [0.1, 0.15) is 17.4 Å². The lowest BCUT2D eigenvalue weighted by Gasteiger charge is -2.16. The minimum atomic E-state index is -0.372. The van der Waals surface area contributed by atoms with Gasteiger partial charge in [-0.1, -0.05) is 0 Å². The molecule has 1 aliphatic rings. The number of rotatable bonds is 4.